The molecule has 0 amide bonds. The van der Waals surface area contributed by atoms with Gasteiger partial charge in [-0.3, -0.25) is 0 Å². The Labute approximate surface area is 136 Å². The summed E-state index contributed by atoms with van der Waals surface area (Å²) in [5, 5.41) is 0. The molecule has 23 heavy (non-hydrogen) atoms. The first-order valence-electron chi connectivity index (χ1n) is 7.28. The van der Waals surface area contributed by atoms with Crippen LogP contribution in [0.1, 0.15) is 16.8 Å². The van der Waals surface area contributed by atoms with Crippen LogP contribution in [-0.4, -0.2) is 25.2 Å². The van der Waals surface area contributed by atoms with E-state index in [0.29, 0.717) is 23.6 Å². The maximum atomic E-state index is 11.7. The van der Waals surface area contributed by atoms with Crippen molar-refractivity contribution in [1.82, 2.24) is 4.98 Å². The highest BCUT2D eigenvalue weighted by atomic mass is 32.2. The van der Waals surface area contributed by atoms with Crippen LogP contribution in [-0.2, 0) is 22.7 Å². The lowest BCUT2D eigenvalue weighted by Crippen LogP contribution is -2.43. The minimum absolute atomic E-state index is 0.313. The number of fused-ring (bicyclic) bond motifs is 1. The number of benzene rings is 1. The van der Waals surface area contributed by atoms with Crippen molar-refractivity contribution in [2.45, 2.75) is 23.3 Å². The van der Waals surface area contributed by atoms with Crippen molar-refractivity contribution in [1.29, 1.82) is 0 Å². The predicted molar refractivity (Wildman–Crippen MR) is 91.6 cm³/mol. The number of rotatable bonds is 3. The van der Waals surface area contributed by atoms with Crippen LogP contribution < -0.4 is 11.5 Å². The fourth-order valence-electron chi connectivity index (χ4n) is 2.86. The number of sulfone groups is 1. The molecule has 1 aromatic carbocycles. The molecule has 1 aromatic heterocycles. The number of pyridine rings is 1. The van der Waals surface area contributed by atoms with Gasteiger partial charge in [0.2, 0.25) is 0 Å². The number of aromatic nitrogens is 1. The van der Waals surface area contributed by atoms with E-state index in [1.54, 1.807) is 24.3 Å². The summed E-state index contributed by atoms with van der Waals surface area (Å²) >= 11 is 0. The highest BCUT2D eigenvalue weighted by Crippen LogP contribution is 2.27. The second-order valence-corrected chi connectivity index (χ2v) is 8.14. The predicted octanol–water partition coefficient (Wildman–Crippen LogP) is 1.58. The maximum absolute atomic E-state index is 11.7. The molecule has 1 aliphatic carbocycles. The molecule has 3 rings (SSSR count). The largest absolute Gasteiger partial charge is 0.384 e. The van der Waals surface area contributed by atoms with E-state index >= 15 is 0 Å². The summed E-state index contributed by atoms with van der Waals surface area (Å²) in [5.41, 5.74) is 14.4. The summed E-state index contributed by atoms with van der Waals surface area (Å²) in [6.45, 7) is 0. The van der Waals surface area contributed by atoms with E-state index in [0.717, 1.165) is 16.8 Å². The van der Waals surface area contributed by atoms with Gasteiger partial charge in [-0.15, -0.1) is 0 Å². The van der Waals surface area contributed by atoms with Crippen molar-refractivity contribution in [2.75, 3.05) is 12.0 Å². The Hall–Kier alpha value is -2.18. The average molecular weight is 329 g/mol. The zero-order valence-corrected chi connectivity index (χ0v) is 13.7. The van der Waals surface area contributed by atoms with Crippen LogP contribution in [0, 0.1) is 0 Å². The average Bonchev–Trinajstić information content (AvgIpc) is 2.47. The molecule has 0 radical (unpaired) electrons. The van der Waals surface area contributed by atoms with Gasteiger partial charge in [0.15, 0.2) is 9.84 Å². The lowest BCUT2D eigenvalue weighted by Gasteiger charge is -2.30. The molecule has 2 aromatic rings. The lowest BCUT2D eigenvalue weighted by molar-refractivity contribution is 0.517. The summed E-state index contributed by atoms with van der Waals surface area (Å²) < 4.78 is 23.4. The first-order valence-corrected chi connectivity index (χ1v) is 9.17. The van der Waals surface area contributed by atoms with Crippen molar-refractivity contribution in [3.8, 4) is 0 Å². The highest BCUT2D eigenvalue weighted by Gasteiger charge is 2.27. The summed E-state index contributed by atoms with van der Waals surface area (Å²) in [6.07, 6.45) is 6.20. The standard InChI is InChI=1S/C17H19N3O2S/c1-23(21,22)14-4-2-3-12(9-14)10-17(19)8-7-15-13(11-17)5-6-16(18)20-15/h2-9H,10-11,19H2,1H3,(H2,18,20). The molecular weight excluding hydrogens is 310 g/mol. The van der Waals surface area contributed by atoms with Crippen molar-refractivity contribution < 1.29 is 8.42 Å². The van der Waals surface area contributed by atoms with Crippen molar-refractivity contribution in [3.05, 3.63) is 59.3 Å². The SMILES string of the molecule is CS(=O)(=O)c1cccc(CC2(N)C=Cc3nc(N)ccc3C2)c1. The molecule has 1 heterocycles. The molecule has 1 aliphatic rings. The summed E-state index contributed by atoms with van der Waals surface area (Å²) in [7, 11) is -3.22. The van der Waals surface area contributed by atoms with E-state index in [9.17, 15) is 8.42 Å². The molecule has 5 nitrogen and oxygen atoms in total. The molecule has 4 N–H and O–H groups in total. The Morgan fingerprint density at radius 3 is 2.78 bits per heavy atom. The van der Waals surface area contributed by atoms with Gasteiger partial charge in [0.05, 0.1) is 10.6 Å². The van der Waals surface area contributed by atoms with Crippen LogP contribution in [0.5, 0.6) is 0 Å². The highest BCUT2D eigenvalue weighted by molar-refractivity contribution is 7.90. The van der Waals surface area contributed by atoms with Crippen LogP contribution in [0.25, 0.3) is 6.08 Å². The smallest absolute Gasteiger partial charge is 0.175 e. The number of anilines is 1. The van der Waals surface area contributed by atoms with Gasteiger partial charge in [0, 0.05) is 11.8 Å². The third-order valence-electron chi connectivity index (χ3n) is 3.99. The summed E-state index contributed by atoms with van der Waals surface area (Å²) in [6, 6.07) is 10.6. The molecular formula is C17H19N3O2S. The molecule has 1 atom stereocenters. The zero-order chi connectivity index (χ0) is 16.7. The Balaban J connectivity index is 1.88. The van der Waals surface area contributed by atoms with E-state index in [2.05, 4.69) is 4.98 Å². The van der Waals surface area contributed by atoms with Gasteiger partial charge in [-0.1, -0.05) is 24.3 Å². The van der Waals surface area contributed by atoms with Crippen molar-refractivity contribution >= 4 is 21.7 Å². The third-order valence-corrected chi connectivity index (χ3v) is 5.10. The van der Waals surface area contributed by atoms with Crippen molar-refractivity contribution in [3.63, 3.8) is 0 Å². The minimum Gasteiger partial charge on any atom is -0.384 e. The van der Waals surface area contributed by atoms with Crippen LogP contribution in [0.2, 0.25) is 0 Å². The number of nitrogen functional groups attached to an aromatic ring is 1. The third kappa shape index (κ3) is 3.43. The van der Waals surface area contributed by atoms with E-state index in [-0.39, 0.29) is 0 Å². The first-order chi connectivity index (χ1) is 10.8. The van der Waals surface area contributed by atoms with Gasteiger partial charge >= 0.3 is 0 Å². The van der Waals surface area contributed by atoms with Crippen molar-refractivity contribution in [2.24, 2.45) is 5.73 Å². The first kappa shape index (κ1) is 15.7. The van der Waals surface area contributed by atoms with Crippen LogP contribution in [0.3, 0.4) is 0 Å². The topological polar surface area (TPSA) is 99.1 Å². The molecule has 0 aliphatic heterocycles. The number of nitrogens with zero attached hydrogens (tertiary/aromatic N) is 1. The van der Waals surface area contributed by atoms with Crippen LogP contribution >= 0.6 is 0 Å². The Morgan fingerprint density at radius 1 is 1.26 bits per heavy atom. The molecule has 0 fully saturated rings. The monoisotopic (exact) mass is 329 g/mol. The van der Waals surface area contributed by atoms with E-state index in [1.807, 2.05) is 24.3 Å². The van der Waals surface area contributed by atoms with Gasteiger partial charge in [0.25, 0.3) is 0 Å². The second-order valence-electron chi connectivity index (χ2n) is 6.12. The van der Waals surface area contributed by atoms with E-state index < -0.39 is 15.4 Å². The Morgan fingerprint density at radius 2 is 2.04 bits per heavy atom. The molecule has 0 spiro atoms. The minimum atomic E-state index is -3.22. The van der Waals surface area contributed by atoms with E-state index in [4.69, 9.17) is 11.5 Å². The van der Waals surface area contributed by atoms with Gasteiger partial charge < -0.3 is 11.5 Å². The van der Waals surface area contributed by atoms with Gasteiger partial charge in [-0.05, 0) is 48.2 Å². The normalized spacial score (nSPS) is 20.3. The van der Waals surface area contributed by atoms with Crippen LogP contribution in [0.15, 0.2) is 47.4 Å². The van der Waals surface area contributed by atoms with Crippen LogP contribution in [0.4, 0.5) is 5.82 Å². The Kier molecular flexibility index (Phi) is 3.74. The lowest BCUT2D eigenvalue weighted by atomic mass is 9.81. The summed E-state index contributed by atoms with van der Waals surface area (Å²) in [5.74, 6) is 0.485. The van der Waals surface area contributed by atoms with E-state index in [1.165, 1.54) is 6.26 Å². The molecule has 0 saturated heterocycles. The van der Waals surface area contributed by atoms with Gasteiger partial charge in [0.1, 0.15) is 5.82 Å². The molecule has 1 unspecified atom stereocenters. The number of nitrogens with two attached hydrogens (primary N) is 2. The quantitative estimate of drug-likeness (QED) is 0.890. The Bertz CT molecular complexity index is 890. The second kappa shape index (κ2) is 5.47. The number of hydrogen-bond acceptors (Lipinski definition) is 5. The maximum Gasteiger partial charge on any atom is 0.175 e. The van der Waals surface area contributed by atoms with Gasteiger partial charge in [-0.2, -0.15) is 0 Å². The summed E-state index contributed by atoms with van der Waals surface area (Å²) in [4.78, 5) is 4.60. The zero-order valence-electron chi connectivity index (χ0n) is 12.9. The molecule has 0 bridgehead atoms. The fourth-order valence-corrected chi connectivity index (χ4v) is 3.55. The molecule has 120 valence electrons. The molecule has 0 saturated carbocycles. The number of hydrogen-bond donors (Lipinski definition) is 2. The molecule has 6 heteroatoms. The fraction of sp³-hybridized carbons (Fsp3) is 0.235. The van der Waals surface area contributed by atoms with Gasteiger partial charge in [-0.25, -0.2) is 13.4 Å².